The van der Waals surface area contributed by atoms with Gasteiger partial charge in [0.2, 0.25) is 5.88 Å². The van der Waals surface area contributed by atoms with Crippen LogP contribution in [-0.2, 0) is 4.79 Å². The highest BCUT2D eigenvalue weighted by molar-refractivity contribution is 5.78. The van der Waals surface area contributed by atoms with Crippen LogP contribution in [0.15, 0.2) is 18.3 Å². The fourth-order valence-corrected chi connectivity index (χ4v) is 1.40. The monoisotopic (exact) mass is 238 g/mol. The normalized spacial score (nSPS) is 12.9. The molecule has 0 unspecified atom stereocenters. The van der Waals surface area contributed by atoms with Gasteiger partial charge < -0.3 is 15.2 Å². The highest BCUT2D eigenvalue weighted by Crippen LogP contribution is 2.23. The summed E-state index contributed by atoms with van der Waals surface area (Å²) in [6, 6.07) is 2.76. The zero-order valence-electron chi connectivity index (χ0n) is 10.5. The van der Waals surface area contributed by atoms with Crippen LogP contribution < -0.4 is 10.1 Å². The van der Waals surface area contributed by atoms with Gasteiger partial charge in [-0.1, -0.05) is 20.8 Å². The molecule has 0 aromatic carbocycles. The van der Waals surface area contributed by atoms with Gasteiger partial charge in [-0.15, -0.1) is 0 Å². The summed E-state index contributed by atoms with van der Waals surface area (Å²) < 4.78 is 4.93. The minimum absolute atomic E-state index is 0.383. The smallest absolute Gasteiger partial charge is 0.326 e. The first kappa shape index (κ1) is 13.3. The van der Waals surface area contributed by atoms with Crippen LogP contribution in [0.3, 0.4) is 0 Å². The topological polar surface area (TPSA) is 71.5 Å². The van der Waals surface area contributed by atoms with Gasteiger partial charge in [0.25, 0.3) is 0 Å². The van der Waals surface area contributed by atoms with E-state index in [0.29, 0.717) is 11.6 Å². The lowest BCUT2D eigenvalue weighted by molar-refractivity contribution is -0.140. The van der Waals surface area contributed by atoms with E-state index in [2.05, 4.69) is 10.3 Å². The molecule has 5 heteroatoms. The van der Waals surface area contributed by atoms with E-state index < -0.39 is 12.0 Å². The number of hydrogen-bond acceptors (Lipinski definition) is 4. The van der Waals surface area contributed by atoms with Crippen LogP contribution >= 0.6 is 0 Å². The number of aliphatic carboxylic acids is 1. The van der Waals surface area contributed by atoms with Crippen LogP contribution in [0.2, 0.25) is 0 Å². The number of anilines is 1. The highest BCUT2D eigenvalue weighted by atomic mass is 16.5. The number of nitrogens with one attached hydrogen (secondary N) is 1. The quantitative estimate of drug-likeness (QED) is 0.839. The number of aromatic nitrogens is 1. The molecule has 17 heavy (non-hydrogen) atoms. The van der Waals surface area contributed by atoms with Gasteiger partial charge in [-0.2, -0.15) is 0 Å². The standard InChI is InChI=1S/C12H18N2O3/c1-12(2,3)10(11(15)16)14-8-5-6-9(17-4)13-7-8/h5-7,10,14H,1-4H3,(H,15,16)/t10-/m1/s1. The summed E-state index contributed by atoms with van der Waals surface area (Å²) >= 11 is 0. The van der Waals surface area contributed by atoms with E-state index in [9.17, 15) is 4.79 Å². The maximum atomic E-state index is 11.2. The highest BCUT2D eigenvalue weighted by Gasteiger charge is 2.31. The molecule has 0 aliphatic rings. The molecule has 94 valence electrons. The van der Waals surface area contributed by atoms with Gasteiger partial charge in [0.15, 0.2) is 0 Å². The predicted octanol–water partition coefficient (Wildman–Crippen LogP) is 2.00. The van der Waals surface area contributed by atoms with Crippen LogP contribution in [0, 0.1) is 5.41 Å². The molecular weight excluding hydrogens is 220 g/mol. The minimum atomic E-state index is -0.881. The first-order valence-electron chi connectivity index (χ1n) is 5.34. The van der Waals surface area contributed by atoms with Crippen molar-refractivity contribution in [3.8, 4) is 5.88 Å². The van der Waals surface area contributed by atoms with Gasteiger partial charge in [-0.25, -0.2) is 9.78 Å². The molecule has 1 aromatic rings. The molecule has 0 amide bonds. The van der Waals surface area contributed by atoms with Crippen molar-refractivity contribution >= 4 is 11.7 Å². The second-order valence-corrected chi connectivity index (χ2v) is 4.87. The summed E-state index contributed by atoms with van der Waals surface area (Å²) in [5.41, 5.74) is 0.277. The van der Waals surface area contributed by atoms with Crippen molar-refractivity contribution in [3.05, 3.63) is 18.3 Å². The Balaban J connectivity index is 2.83. The molecule has 1 rings (SSSR count). The molecule has 1 aromatic heterocycles. The average Bonchev–Trinajstić information content (AvgIpc) is 2.24. The number of hydrogen-bond donors (Lipinski definition) is 2. The number of rotatable bonds is 4. The van der Waals surface area contributed by atoms with Crippen molar-refractivity contribution < 1.29 is 14.6 Å². The number of pyridine rings is 1. The van der Waals surface area contributed by atoms with Crippen LogP contribution in [0.1, 0.15) is 20.8 Å². The van der Waals surface area contributed by atoms with E-state index in [1.165, 1.54) is 7.11 Å². The third-order valence-electron chi connectivity index (χ3n) is 2.37. The SMILES string of the molecule is COc1ccc(N[C@H](C(=O)O)C(C)(C)C)cn1. The molecule has 5 nitrogen and oxygen atoms in total. The Hall–Kier alpha value is -1.78. The second-order valence-electron chi connectivity index (χ2n) is 4.87. The van der Waals surface area contributed by atoms with E-state index in [4.69, 9.17) is 9.84 Å². The Morgan fingerprint density at radius 2 is 2.12 bits per heavy atom. The van der Waals surface area contributed by atoms with Crippen molar-refractivity contribution in [2.24, 2.45) is 5.41 Å². The molecule has 0 bridgehead atoms. The Morgan fingerprint density at radius 3 is 2.47 bits per heavy atom. The van der Waals surface area contributed by atoms with Gasteiger partial charge in [0, 0.05) is 6.07 Å². The maximum absolute atomic E-state index is 11.2. The lowest BCUT2D eigenvalue weighted by atomic mass is 9.86. The predicted molar refractivity (Wildman–Crippen MR) is 65.3 cm³/mol. The van der Waals surface area contributed by atoms with Gasteiger partial charge in [0.1, 0.15) is 6.04 Å². The molecule has 0 saturated carbocycles. The van der Waals surface area contributed by atoms with Gasteiger partial charge >= 0.3 is 5.97 Å². The first-order valence-corrected chi connectivity index (χ1v) is 5.34. The van der Waals surface area contributed by atoms with Crippen molar-refractivity contribution in [2.75, 3.05) is 12.4 Å². The molecule has 0 radical (unpaired) electrons. The first-order chi connectivity index (χ1) is 7.84. The molecule has 0 aliphatic carbocycles. The van der Waals surface area contributed by atoms with E-state index in [0.717, 1.165) is 0 Å². The summed E-state index contributed by atoms with van der Waals surface area (Å²) in [4.78, 5) is 15.2. The number of carboxylic acids is 1. The summed E-state index contributed by atoms with van der Waals surface area (Å²) in [6.07, 6.45) is 1.56. The van der Waals surface area contributed by atoms with E-state index in [1.807, 2.05) is 20.8 Å². The van der Waals surface area contributed by atoms with Crippen LogP contribution in [0.5, 0.6) is 5.88 Å². The Labute approximate surface area is 101 Å². The number of carboxylic acid groups (broad SMARTS) is 1. The maximum Gasteiger partial charge on any atom is 0.326 e. The third-order valence-corrected chi connectivity index (χ3v) is 2.37. The molecule has 2 N–H and O–H groups in total. The van der Waals surface area contributed by atoms with E-state index >= 15 is 0 Å². The Bertz CT molecular complexity index is 382. The third kappa shape index (κ3) is 3.62. The van der Waals surface area contributed by atoms with Crippen molar-refractivity contribution in [1.82, 2.24) is 4.98 Å². The molecule has 1 heterocycles. The molecule has 1 atom stereocenters. The lowest BCUT2D eigenvalue weighted by Gasteiger charge is -2.28. The lowest BCUT2D eigenvalue weighted by Crippen LogP contribution is -2.41. The van der Waals surface area contributed by atoms with Crippen molar-refractivity contribution in [2.45, 2.75) is 26.8 Å². The molecule has 0 fully saturated rings. The average molecular weight is 238 g/mol. The van der Waals surface area contributed by atoms with Crippen molar-refractivity contribution in [3.63, 3.8) is 0 Å². The summed E-state index contributed by atoms with van der Waals surface area (Å²) in [5, 5.41) is 12.1. The number of ether oxygens (including phenoxy) is 1. The fraction of sp³-hybridized carbons (Fsp3) is 0.500. The molecule has 0 spiro atoms. The van der Waals surface area contributed by atoms with E-state index in [-0.39, 0.29) is 5.41 Å². The van der Waals surface area contributed by atoms with Crippen LogP contribution in [0.25, 0.3) is 0 Å². The minimum Gasteiger partial charge on any atom is -0.481 e. The fourth-order valence-electron chi connectivity index (χ4n) is 1.40. The molecular formula is C12H18N2O3. The van der Waals surface area contributed by atoms with E-state index in [1.54, 1.807) is 18.3 Å². The number of carbonyl (C=O) groups is 1. The second kappa shape index (κ2) is 5.03. The van der Waals surface area contributed by atoms with Crippen LogP contribution in [0.4, 0.5) is 5.69 Å². The largest absolute Gasteiger partial charge is 0.481 e. The van der Waals surface area contributed by atoms with Gasteiger partial charge in [0.05, 0.1) is 19.0 Å². The summed E-state index contributed by atoms with van der Waals surface area (Å²) in [6.45, 7) is 5.61. The Kier molecular flexibility index (Phi) is 3.93. The van der Waals surface area contributed by atoms with Gasteiger partial charge in [-0.3, -0.25) is 0 Å². The number of methoxy groups -OCH3 is 1. The van der Waals surface area contributed by atoms with Gasteiger partial charge in [-0.05, 0) is 11.5 Å². The molecule has 0 saturated heterocycles. The van der Waals surface area contributed by atoms with Crippen molar-refractivity contribution in [1.29, 1.82) is 0 Å². The molecule has 0 aliphatic heterocycles. The zero-order valence-corrected chi connectivity index (χ0v) is 10.5. The number of nitrogens with zero attached hydrogens (tertiary/aromatic N) is 1. The Morgan fingerprint density at radius 1 is 1.47 bits per heavy atom. The zero-order chi connectivity index (χ0) is 13.1. The summed E-state index contributed by atoms with van der Waals surface area (Å²) in [5.74, 6) is -0.383. The summed E-state index contributed by atoms with van der Waals surface area (Å²) in [7, 11) is 1.53. The van der Waals surface area contributed by atoms with Crippen LogP contribution in [-0.4, -0.2) is 29.2 Å².